The Morgan fingerprint density at radius 1 is 1.33 bits per heavy atom. The first kappa shape index (κ1) is 16.2. The lowest BCUT2D eigenvalue weighted by molar-refractivity contribution is 0.313. The van der Waals surface area contributed by atoms with Crippen LogP contribution in [0.2, 0.25) is 0 Å². The molecule has 1 aromatic rings. The first-order valence-electron chi connectivity index (χ1n) is 8.01. The number of rotatable bonds is 7. The van der Waals surface area contributed by atoms with Gasteiger partial charge in [-0.1, -0.05) is 38.2 Å². The zero-order chi connectivity index (χ0) is 15.1. The van der Waals surface area contributed by atoms with Gasteiger partial charge in [0.2, 0.25) is 0 Å². The normalized spacial score (nSPS) is 17.7. The fraction of sp³-hybridized carbons (Fsp3) is 0.647. The zero-order valence-electron chi connectivity index (χ0n) is 12.9. The van der Waals surface area contributed by atoms with Crippen molar-refractivity contribution in [1.82, 2.24) is 5.43 Å². The zero-order valence-corrected chi connectivity index (χ0v) is 12.9. The van der Waals surface area contributed by atoms with Crippen molar-refractivity contribution in [3.05, 3.63) is 29.6 Å². The lowest BCUT2D eigenvalue weighted by Gasteiger charge is -2.24. The van der Waals surface area contributed by atoms with E-state index in [1.165, 1.54) is 45.6 Å². The number of hydrazine groups is 1. The third-order valence-corrected chi connectivity index (χ3v) is 4.58. The molecule has 118 valence electrons. The second-order valence-electron chi connectivity index (χ2n) is 6.12. The smallest absolute Gasteiger partial charge is 0.165 e. The van der Waals surface area contributed by atoms with E-state index >= 15 is 0 Å². The summed E-state index contributed by atoms with van der Waals surface area (Å²) in [6, 6.07) is 5.34. The molecule has 0 saturated heterocycles. The summed E-state index contributed by atoms with van der Waals surface area (Å²) in [4.78, 5) is 0. The molecule has 1 aliphatic rings. The molecule has 21 heavy (non-hydrogen) atoms. The van der Waals surface area contributed by atoms with Crippen LogP contribution < -0.4 is 16.0 Å². The van der Waals surface area contributed by atoms with E-state index in [9.17, 15) is 4.39 Å². The third kappa shape index (κ3) is 4.97. The fourth-order valence-corrected chi connectivity index (χ4v) is 3.28. The molecule has 0 radical (unpaired) electrons. The van der Waals surface area contributed by atoms with Gasteiger partial charge in [0.1, 0.15) is 0 Å². The molecule has 0 heterocycles. The summed E-state index contributed by atoms with van der Waals surface area (Å²) in [6.07, 6.45) is 9.86. The maximum Gasteiger partial charge on any atom is 0.165 e. The number of methoxy groups -OCH3 is 1. The van der Waals surface area contributed by atoms with E-state index in [0.717, 1.165) is 24.3 Å². The van der Waals surface area contributed by atoms with Crippen LogP contribution in [-0.2, 0) is 6.42 Å². The van der Waals surface area contributed by atoms with E-state index in [0.29, 0.717) is 5.75 Å². The molecule has 1 unspecified atom stereocenters. The molecule has 0 amide bonds. The van der Waals surface area contributed by atoms with Crippen molar-refractivity contribution in [3.8, 4) is 5.75 Å². The van der Waals surface area contributed by atoms with Crippen molar-refractivity contribution in [1.29, 1.82) is 0 Å². The summed E-state index contributed by atoms with van der Waals surface area (Å²) >= 11 is 0. The standard InChI is InChI=1S/C17H27FN2O/c1-21-17-10-8-14(12-16(17)18)11-15(20-19)9-7-13-5-3-2-4-6-13/h8,10,12-13,15,20H,2-7,9,11,19H2,1H3. The van der Waals surface area contributed by atoms with E-state index in [-0.39, 0.29) is 11.9 Å². The van der Waals surface area contributed by atoms with E-state index in [1.54, 1.807) is 12.1 Å². The molecule has 1 aromatic carbocycles. The molecule has 1 fully saturated rings. The maximum absolute atomic E-state index is 13.7. The van der Waals surface area contributed by atoms with Crippen molar-refractivity contribution >= 4 is 0 Å². The van der Waals surface area contributed by atoms with E-state index in [4.69, 9.17) is 10.6 Å². The summed E-state index contributed by atoms with van der Waals surface area (Å²) in [5, 5.41) is 0. The predicted molar refractivity (Wildman–Crippen MR) is 83.6 cm³/mol. The van der Waals surface area contributed by atoms with Crippen molar-refractivity contribution in [2.75, 3.05) is 7.11 Å². The van der Waals surface area contributed by atoms with E-state index in [2.05, 4.69) is 5.43 Å². The van der Waals surface area contributed by atoms with Crippen LogP contribution in [0.25, 0.3) is 0 Å². The molecule has 3 N–H and O–H groups in total. The monoisotopic (exact) mass is 294 g/mol. The number of halogens is 1. The highest BCUT2D eigenvalue weighted by molar-refractivity contribution is 5.29. The summed E-state index contributed by atoms with van der Waals surface area (Å²) in [5.74, 6) is 6.49. The molecule has 0 aromatic heterocycles. The quantitative estimate of drug-likeness (QED) is 0.597. The number of benzene rings is 1. The Hall–Kier alpha value is -1.13. The van der Waals surface area contributed by atoms with Crippen molar-refractivity contribution < 1.29 is 9.13 Å². The minimum absolute atomic E-state index is 0.208. The Balaban J connectivity index is 1.84. The van der Waals surface area contributed by atoms with Gasteiger partial charge in [0.25, 0.3) is 0 Å². The molecule has 4 heteroatoms. The molecule has 0 spiro atoms. The summed E-state index contributed by atoms with van der Waals surface area (Å²) < 4.78 is 18.6. The number of nitrogens with one attached hydrogen (secondary N) is 1. The predicted octanol–water partition coefficient (Wildman–Crippen LogP) is 3.57. The molecule has 1 saturated carbocycles. The average Bonchev–Trinajstić information content (AvgIpc) is 2.52. The largest absolute Gasteiger partial charge is 0.494 e. The molecule has 0 bridgehead atoms. The van der Waals surface area contributed by atoms with Gasteiger partial charge in [-0.2, -0.15) is 0 Å². The molecule has 1 aliphatic carbocycles. The first-order chi connectivity index (χ1) is 10.2. The van der Waals surface area contributed by atoms with Gasteiger partial charge < -0.3 is 4.74 Å². The van der Waals surface area contributed by atoms with E-state index < -0.39 is 0 Å². The maximum atomic E-state index is 13.7. The van der Waals surface area contributed by atoms with Crippen LogP contribution in [0.3, 0.4) is 0 Å². The molecular weight excluding hydrogens is 267 g/mol. The van der Waals surface area contributed by atoms with Gasteiger partial charge in [0.05, 0.1) is 7.11 Å². The Morgan fingerprint density at radius 3 is 2.71 bits per heavy atom. The van der Waals surface area contributed by atoms with Gasteiger partial charge in [0.15, 0.2) is 11.6 Å². The molecule has 2 rings (SSSR count). The molecule has 3 nitrogen and oxygen atoms in total. The Kier molecular flexibility index (Phi) is 6.46. The lowest BCUT2D eigenvalue weighted by Crippen LogP contribution is -2.37. The number of nitrogens with two attached hydrogens (primary N) is 1. The average molecular weight is 294 g/mol. The van der Waals surface area contributed by atoms with Crippen molar-refractivity contribution in [3.63, 3.8) is 0 Å². The van der Waals surface area contributed by atoms with Crippen LogP contribution in [0.5, 0.6) is 5.75 Å². The second kappa shape index (κ2) is 8.35. The summed E-state index contributed by atoms with van der Waals surface area (Å²) in [7, 11) is 1.48. The molecule has 1 atom stereocenters. The van der Waals surface area contributed by atoms with Gasteiger partial charge in [-0.05, 0) is 42.9 Å². The van der Waals surface area contributed by atoms with Gasteiger partial charge in [-0.25, -0.2) is 4.39 Å². The Bertz CT molecular complexity index is 433. The second-order valence-corrected chi connectivity index (χ2v) is 6.12. The molecule has 0 aliphatic heterocycles. The van der Waals surface area contributed by atoms with Gasteiger partial charge in [-0.15, -0.1) is 0 Å². The summed E-state index contributed by atoms with van der Waals surface area (Å²) in [5.41, 5.74) is 3.84. The minimum Gasteiger partial charge on any atom is -0.494 e. The minimum atomic E-state index is -0.307. The molecular formula is C17H27FN2O. The highest BCUT2D eigenvalue weighted by atomic mass is 19.1. The lowest BCUT2D eigenvalue weighted by atomic mass is 9.84. The number of ether oxygens (including phenoxy) is 1. The third-order valence-electron chi connectivity index (χ3n) is 4.58. The topological polar surface area (TPSA) is 47.3 Å². The van der Waals surface area contributed by atoms with Crippen LogP contribution in [0.15, 0.2) is 18.2 Å². The van der Waals surface area contributed by atoms with Gasteiger partial charge in [0, 0.05) is 6.04 Å². The van der Waals surface area contributed by atoms with Gasteiger partial charge in [-0.3, -0.25) is 11.3 Å². The highest BCUT2D eigenvalue weighted by Crippen LogP contribution is 2.28. The fourth-order valence-electron chi connectivity index (χ4n) is 3.28. The number of hydrogen-bond acceptors (Lipinski definition) is 3. The Morgan fingerprint density at radius 2 is 2.10 bits per heavy atom. The van der Waals surface area contributed by atoms with Crippen LogP contribution in [-0.4, -0.2) is 13.2 Å². The number of hydrogen-bond donors (Lipinski definition) is 2. The Labute approximate surface area is 127 Å². The SMILES string of the molecule is COc1ccc(CC(CCC2CCCCC2)NN)cc1F. The van der Waals surface area contributed by atoms with Crippen molar-refractivity contribution in [2.45, 2.75) is 57.4 Å². The van der Waals surface area contributed by atoms with E-state index in [1.807, 2.05) is 6.07 Å². The van der Waals surface area contributed by atoms with Crippen LogP contribution >= 0.6 is 0 Å². The highest BCUT2D eigenvalue weighted by Gasteiger charge is 2.16. The van der Waals surface area contributed by atoms with Gasteiger partial charge >= 0.3 is 0 Å². The first-order valence-corrected chi connectivity index (χ1v) is 8.01. The van der Waals surface area contributed by atoms with Crippen LogP contribution in [0.4, 0.5) is 4.39 Å². The van der Waals surface area contributed by atoms with Crippen molar-refractivity contribution in [2.24, 2.45) is 11.8 Å². The van der Waals surface area contributed by atoms with Crippen LogP contribution in [0, 0.1) is 11.7 Å². The van der Waals surface area contributed by atoms with Crippen LogP contribution in [0.1, 0.15) is 50.5 Å². The summed E-state index contributed by atoms with van der Waals surface area (Å²) in [6.45, 7) is 0.